The number of hydrogen-bond donors (Lipinski definition) is 1. The van der Waals surface area contributed by atoms with Crippen LogP contribution in [-0.4, -0.2) is 13.1 Å². The second-order valence-electron chi connectivity index (χ2n) is 2.66. The largest absolute Gasteiger partial charge is 0.312 e. The fourth-order valence-electron chi connectivity index (χ4n) is 0.654. The zero-order chi connectivity index (χ0) is 8.53. The molecule has 0 saturated heterocycles. The van der Waals surface area contributed by atoms with Gasteiger partial charge in [-0.25, -0.2) is 0 Å². The van der Waals surface area contributed by atoms with Gasteiger partial charge in [-0.2, -0.15) is 0 Å². The standard InChI is InChI=1S/C10H17N/c1-4-5-6-8-11-9-7-10(2)3/h7,11H,6,8-9H2,1-3H3. The molecule has 0 atom stereocenters. The van der Waals surface area contributed by atoms with Gasteiger partial charge in [-0.05, 0) is 20.8 Å². The minimum absolute atomic E-state index is 0.951. The van der Waals surface area contributed by atoms with Crippen molar-refractivity contribution in [2.45, 2.75) is 27.2 Å². The lowest BCUT2D eigenvalue weighted by Crippen LogP contribution is -2.14. The van der Waals surface area contributed by atoms with E-state index in [1.807, 2.05) is 6.92 Å². The normalized spacial score (nSPS) is 8.27. The Morgan fingerprint density at radius 1 is 1.45 bits per heavy atom. The predicted octanol–water partition coefficient (Wildman–Crippen LogP) is 1.96. The molecule has 0 spiro atoms. The molecule has 0 radical (unpaired) electrons. The average molecular weight is 151 g/mol. The highest BCUT2D eigenvalue weighted by molar-refractivity contribution is 4.97. The number of rotatable bonds is 4. The van der Waals surface area contributed by atoms with E-state index in [4.69, 9.17) is 0 Å². The minimum Gasteiger partial charge on any atom is -0.312 e. The van der Waals surface area contributed by atoms with E-state index in [0.29, 0.717) is 0 Å². The molecule has 0 aromatic heterocycles. The highest BCUT2D eigenvalue weighted by atomic mass is 14.8. The molecule has 1 N–H and O–H groups in total. The second-order valence-corrected chi connectivity index (χ2v) is 2.66. The van der Waals surface area contributed by atoms with Gasteiger partial charge in [-0.3, -0.25) is 0 Å². The smallest absolute Gasteiger partial charge is 0.0214 e. The van der Waals surface area contributed by atoms with E-state index in [2.05, 4.69) is 37.1 Å². The van der Waals surface area contributed by atoms with Gasteiger partial charge in [0.1, 0.15) is 0 Å². The highest BCUT2D eigenvalue weighted by Crippen LogP contribution is 1.84. The SMILES string of the molecule is CC#CCCNCC=C(C)C. The fourth-order valence-corrected chi connectivity index (χ4v) is 0.654. The van der Waals surface area contributed by atoms with Crippen LogP contribution in [0.5, 0.6) is 0 Å². The van der Waals surface area contributed by atoms with E-state index < -0.39 is 0 Å². The van der Waals surface area contributed by atoms with Crippen molar-refractivity contribution in [3.63, 3.8) is 0 Å². The van der Waals surface area contributed by atoms with Crippen molar-refractivity contribution < 1.29 is 0 Å². The molecule has 0 rings (SSSR count). The molecule has 0 aliphatic carbocycles. The summed E-state index contributed by atoms with van der Waals surface area (Å²) in [6.07, 6.45) is 3.13. The summed E-state index contributed by atoms with van der Waals surface area (Å²) in [6.45, 7) is 8.04. The summed E-state index contributed by atoms with van der Waals surface area (Å²) in [5.74, 6) is 5.87. The van der Waals surface area contributed by atoms with Crippen molar-refractivity contribution in [2.24, 2.45) is 0 Å². The molecule has 0 aromatic carbocycles. The number of nitrogens with one attached hydrogen (secondary N) is 1. The monoisotopic (exact) mass is 151 g/mol. The van der Waals surface area contributed by atoms with Crippen LogP contribution in [0.1, 0.15) is 27.2 Å². The fraction of sp³-hybridized carbons (Fsp3) is 0.600. The summed E-state index contributed by atoms with van der Waals surface area (Å²) in [7, 11) is 0. The van der Waals surface area contributed by atoms with E-state index in [1.165, 1.54) is 5.57 Å². The maximum absolute atomic E-state index is 3.27. The maximum Gasteiger partial charge on any atom is 0.0214 e. The number of allylic oxidation sites excluding steroid dienone is 1. The van der Waals surface area contributed by atoms with Gasteiger partial charge in [0.25, 0.3) is 0 Å². The van der Waals surface area contributed by atoms with Gasteiger partial charge in [0.15, 0.2) is 0 Å². The Bertz CT molecular complexity index is 165. The van der Waals surface area contributed by atoms with Crippen LogP contribution < -0.4 is 5.32 Å². The van der Waals surface area contributed by atoms with Crippen LogP contribution in [0.15, 0.2) is 11.6 Å². The molecule has 0 saturated carbocycles. The van der Waals surface area contributed by atoms with Gasteiger partial charge >= 0.3 is 0 Å². The summed E-state index contributed by atoms with van der Waals surface area (Å²) < 4.78 is 0. The quantitative estimate of drug-likeness (QED) is 0.368. The lowest BCUT2D eigenvalue weighted by Gasteiger charge is -1.96. The van der Waals surface area contributed by atoms with Crippen LogP contribution in [0.25, 0.3) is 0 Å². The molecule has 0 unspecified atom stereocenters. The van der Waals surface area contributed by atoms with Gasteiger partial charge in [-0.1, -0.05) is 11.6 Å². The van der Waals surface area contributed by atoms with Gasteiger partial charge in [-0.15, -0.1) is 11.8 Å². The molecule has 0 aromatic rings. The van der Waals surface area contributed by atoms with Crippen molar-refractivity contribution in [2.75, 3.05) is 13.1 Å². The molecule has 0 amide bonds. The first-order chi connectivity index (χ1) is 5.27. The first-order valence-corrected chi connectivity index (χ1v) is 4.01. The van der Waals surface area contributed by atoms with Crippen LogP contribution in [0.2, 0.25) is 0 Å². The van der Waals surface area contributed by atoms with E-state index in [1.54, 1.807) is 0 Å². The van der Waals surface area contributed by atoms with Crippen molar-refractivity contribution in [1.29, 1.82) is 0 Å². The second kappa shape index (κ2) is 7.37. The molecule has 1 heteroatoms. The van der Waals surface area contributed by atoms with Gasteiger partial charge in [0, 0.05) is 19.5 Å². The molecule has 62 valence electrons. The third-order valence-corrected chi connectivity index (χ3v) is 1.26. The summed E-state index contributed by atoms with van der Waals surface area (Å²) in [6, 6.07) is 0. The maximum atomic E-state index is 3.27. The van der Waals surface area contributed by atoms with Crippen molar-refractivity contribution >= 4 is 0 Å². The molecular formula is C10H17N. The lowest BCUT2D eigenvalue weighted by molar-refractivity contribution is 0.762. The number of hydrogen-bond acceptors (Lipinski definition) is 1. The molecule has 0 heterocycles. The topological polar surface area (TPSA) is 12.0 Å². The Labute approximate surface area is 69.9 Å². The summed E-state index contributed by atoms with van der Waals surface area (Å²) in [5.41, 5.74) is 1.36. The van der Waals surface area contributed by atoms with E-state index in [-0.39, 0.29) is 0 Å². The Kier molecular flexibility index (Phi) is 6.87. The summed E-state index contributed by atoms with van der Waals surface area (Å²) in [4.78, 5) is 0. The lowest BCUT2D eigenvalue weighted by atomic mass is 10.3. The van der Waals surface area contributed by atoms with Crippen molar-refractivity contribution in [1.82, 2.24) is 5.32 Å². The Balaban J connectivity index is 3.13. The Morgan fingerprint density at radius 3 is 2.73 bits per heavy atom. The third-order valence-electron chi connectivity index (χ3n) is 1.26. The molecular weight excluding hydrogens is 134 g/mol. The van der Waals surface area contributed by atoms with E-state index in [9.17, 15) is 0 Å². The minimum atomic E-state index is 0.951. The van der Waals surface area contributed by atoms with E-state index in [0.717, 1.165) is 19.5 Å². The van der Waals surface area contributed by atoms with Crippen LogP contribution in [0.4, 0.5) is 0 Å². The summed E-state index contributed by atoms with van der Waals surface area (Å²) >= 11 is 0. The van der Waals surface area contributed by atoms with Crippen molar-refractivity contribution in [3.8, 4) is 11.8 Å². The van der Waals surface area contributed by atoms with Crippen LogP contribution in [-0.2, 0) is 0 Å². The van der Waals surface area contributed by atoms with Gasteiger partial charge < -0.3 is 5.32 Å². The molecule has 0 aliphatic rings. The zero-order valence-electron chi connectivity index (χ0n) is 7.70. The van der Waals surface area contributed by atoms with Crippen LogP contribution >= 0.6 is 0 Å². The Morgan fingerprint density at radius 2 is 2.18 bits per heavy atom. The molecule has 0 bridgehead atoms. The molecule has 11 heavy (non-hydrogen) atoms. The predicted molar refractivity (Wildman–Crippen MR) is 50.4 cm³/mol. The first-order valence-electron chi connectivity index (χ1n) is 4.01. The molecule has 0 fully saturated rings. The average Bonchev–Trinajstić information content (AvgIpc) is 1.96. The first kappa shape index (κ1) is 10.3. The highest BCUT2D eigenvalue weighted by Gasteiger charge is 1.80. The molecule has 0 aliphatic heterocycles. The van der Waals surface area contributed by atoms with Crippen LogP contribution in [0.3, 0.4) is 0 Å². The van der Waals surface area contributed by atoms with Gasteiger partial charge in [0.2, 0.25) is 0 Å². The Hall–Kier alpha value is -0.740. The van der Waals surface area contributed by atoms with Crippen molar-refractivity contribution in [3.05, 3.63) is 11.6 Å². The third kappa shape index (κ3) is 9.26. The van der Waals surface area contributed by atoms with Crippen LogP contribution in [0, 0.1) is 11.8 Å². The summed E-state index contributed by atoms with van der Waals surface area (Å²) in [5, 5.41) is 3.27. The zero-order valence-corrected chi connectivity index (χ0v) is 7.70. The molecule has 1 nitrogen and oxygen atoms in total. The van der Waals surface area contributed by atoms with Gasteiger partial charge in [0.05, 0.1) is 0 Å². The van der Waals surface area contributed by atoms with E-state index >= 15 is 0 Å².